The summed E-state index contributed by atoms with van der Waals surface area (Å²) in [7, 11) is 0. The highest BCUT2D eigenvalue weighted by Gasteiger charge is 2.25. The molecule has 0 radical (unpaired) electrons. The third-order valence-electron chi connectivity index (χ3n) is 7.50. The van der Waals surface area contributed by atoms with Gasteiger partial charge in [0.1, 0.15) is 12.7 Å². The second kappa shape index (κ2) is 15.2. The van der Waals surface area contributed by atoms with Crippen molar-refractivity contribution in [1.29, 1.82) is 0 Å². The Morgan fingerprint density at radius 3 is 1.72 bits per heavy atom. The largest absolute Gasteiger partial charge is 0.459 e. The lowest BCUT2D eigenvalue weighted by molar-refractivity contribution is -0.0985. The fourth-order valence-corrected chi connectivity index (χ4v) is 3.59. The first-order valence-electron chi connectivity index (χ1n) is 14.3. The average Bonchev–Trinajstić information content (AvgIpc) is 3.77. The second-order valence-corrected chi connectivity index (χ2v) is 11.4. The van der Waals surface area contributed by atoms with E-state index in [4.69, 9.17) is 18.9 Å². The van der Waals surface area contributed by atoms with Crippen LogP contribution in [0.25, 0.3) is 0 Å². The van der Waals surface area contributed by atoms with Crippen molar-refractivity contribution in [2.75, 3.05) is 19.8 Å². The molecule has 1 heterocycles. The lowest BCUT2D eigenvalue weighted by Gasteiger charge is -2.23. The molecule has 2 aromatic carbocycles. The number of carbonyl (C=O) groups excluding carboxylic acids is 2. The van der Waals surface area contributed by atoms with Gasteiger partial charge in [0.05, 0.1) is 24.3 Å². The summed E-state index contributed by atoms with van der Waals surface area (Å²) in [6, 6.07) is 15.3. The molecule has 0 spiro atoms. The van der Waals surface area contributed by atoms with Gasteiger partial charge in [-0.2, -0.15) is 0 Å². The van der Waals surface area contributed by atoms with Crippen molar-refractivity contribution in [2.24, 2.45) is 0 Å². The molecule has 0 bridgehead atoms. The number of rotatable bonds is 13. The van der Waals surface area contributed by atoms with Crippen LogP contribution in [0.1, 0.15) is 113 Å². The fraction of sp³-hybridized carbons (Fsp3) is 0.576. The Labute approximate surface area is 235 Å². The number of unbranched alkanes of at least 4 members (excludes halogenated alkanes) is 1. The Kier molecular flexibility index (Phi) is 12.7. The SMILES string of the molecule is CCC(C)(C)c1ccc(C(=O)OCC2CO2)cc1.CCCCOC(C)OC(=O)c1ccc(C(C)(C)CC)cc1. The highest BCUT2D eigenvalue weighted by Crippen LogP contribution is 2.27. The molecule has 0 N–H and O–H groups in total. The van der Waals surface area contributed by atoms with E-state index in [9.17, 15) is 9.59 Å². The predicted octanol–water partition coefficient (Wildman–Crippen LogP) is 7.62. The van der Waals surface area contributed by atoms with Crippen LogP contribution in [0, 0.1) is 0 Å². The number of hydrogen-bond acceptors (Lipinski definition) is 6. The summed E-state index contributed by atoms with van der Waals surface area (Å²) in [4.78, 5) is 23.7. The molecule has 1 aliphatic rings. The number of hydrogen-bond donors (Lipinski definition) is 0. The van der Waals surface area contributed by atoms with Crippen molar-refractivity contribution < 1.29 is 28.5 Å². The molecule has 2 unspecified atom stereocenters. The summed E-state index contributed by atoms with van der Waals surface area (Å²) in [5.74, 6) is -0.605. The minimum absolute atomic E-state index is 0.118. The average molecular weight is 541 g/mol. The predicted molar refractivity (Wildman–Crippen MR) is 155 cm³/mol. The molecule has 39 heavy (non-hydrogen) atoms. The van der Waals surface area contributed by atoms with Crippen molar-refractivity contribution >= 4 is 11.9 Å². The third-order valence-corrected chi connectivity index (χ3v) is 7.50. The Balaban J connectivity index is 0.000000276. The zero-order valence-corrected chi connectivity index (χ0v) is 25.2. The van der Waals surface area contributed by atoms with Crippen LogP contribution in [0.4, 0.5) is 0 Å². The Hall–Kier alpha value is -2.70. The van der Waals surface area contributed by atoms with Crippen molar-refractivity contribution in [3.05, 3.63) is 70.8 Å². The Morgan fingerprint density at radius 1 is 0.846 bits per heavy atom. The highest BCUT2D eigenvalue weighted by atomic mass is 16.7. The van der Waals surface area contributed by atoms with Crippen LogP contribution in [-0.4, -0.2) is 44.2 Å². The molecule has 0 aliphatic carbocycles. The quantitative estimate of drug-likeness (QED) is 0.113. The molecule has 1 aliphatic heterocycles. The summed E-state index contributed by atoms with van der Waals surface area (Å²) in [5.41, 5.74) is 3.91. The first kappa shape index (κ1) is 32.5. The number of carbonyl (C=O) groups is 2. The lowest BCUT2D eigenvalue weighted by atomic mass is 9.82. The molecular formula is C33H48O6. The van der Waals surface area contributed by atoms with Crippen LogP contribution in [0.5, 0.6) is 0 Å². The van der Waals surface area contributed by atoms with Gasteiger partial charge in [-0.05, 0) is 72.4 Å². The van der Waals surface area contributed by atoms with Crippen LogP contribution in [0.15, 0.2) is 48.5 Å². The van der Waals surface area contributed by atoms with Gasteiger partial charge in [0, 0.05) is 0 Å². The van der Waals surface area contributed by atoms with Crippen molar-refractivity contribution in [3.8, 4) is 0 Å². The molecule has 3 rings (SSSR count). The van der Waals surface area contributed by atoms with Crippen LogP contribution >= 0.6 is 0 Å². The molecule has 0 amide bonds. The zero-order valence-electron chi connectivity index (χ0n) is 25.2. The van der Waals surface area contributed by atoms with Gasteiger partial charge in [0.15, 0.2) is 6.29 Å². The van der Waals surface area contributed by atoms with Gasteiger partial charge in [-0.1, -0.05) is 79.2 Å². The summed E-state index contributed by atoms with van der Waals surface area (Å²) in [6.45, 7) is 18.7. The number of ether oxygens (including phenoxy) is 4. The molecule has 0 saturated carbocycles. The Morgan fingerprint density at radius 2 is 1.31 bits per heavy atom. The molecule has 216 valence electrons. The molecule has 0 aromatic heterocycles. The first-order chi connectivity index (χ1) is 18.4. The monoisotopic (exact) mass is 540 g/mol. The molecule has 6 nitrogen and oxygen atoms in total. The summed E-state index contributed by atoms with van der Waals surface area (Å²) in [5, 5.41) is 0. The van der Waals surface area contributed by atoms with Gasteiger partial charge >= 0.3 is 11.9 Å². The van der Waals surface area contributed by atoms with Gasteiger partial charge in [0.25, 0.3) is 0 Å². The smallest absolute Gasteiger partial charge is 0.340 e. The third kappa shape index (κ3) is 10.8. The molecule has 2 atom stereocenters. The normalized spacial score (nSPS) is 15.5. The Bertz CT molecular complexity index is 1020. The minimum Gasteiger partial charge on any atom is -0.459 e. The molecule has 2 aromatic rings. The standard InChI is InChI=1S/C18H28O3.C15H20O3/c1-6-8-13-20-14(3)21-17(19)15-9-11-16(12-10-15)18(4,5)7-2;1-4-15(2,3)12-7-5-11(6-8-12)14(16)18-10-13-9-17-13/h9-12,14H,6-8,13H2,1-5H3;5-8,13H,4,9-10H2,1-3H3. The van der Waals surface area contributed by atoms with Crippen LogP contribution in [0.2, 0.25) is 0 Å². The maximum absolute atomic E-state index is 12.0. The van der Waals surface area contributed by atoms with Crippen molar-refractivity contribution in [1.82, 2.24) is 0 Å². The van der Waals surface area contributed by atoms with Crippen LogP contribution < -0.4 is 0 Å². The maximum atomic E-state index is 12.0. The molecule has 1 saturated heterocycles. The van der Waals surface area contributed by atoms with E-state index in [0.29, 0.717) is 30.9 Å². The van der Waals surface area contributed by atoms with E-state index in [1.807, 2.05) is 48.5 Å². The minimum atomic E-state index is -0.504. The van der Waals surface area contributed by atoms with Crippen molar-refractivity contribution in [3.63, 3.8) is 0 Å². The molecule has 6 heteroatoms. The first-order valence-corrected chi connectivity index (χ1v) is 14.3. The summed E-state index contributed by atoms with van der Waals surface area (Å²) < 4.78 is 20.8. The van der Waals surface area contributed by atoms with E-state index in [0.717, 1.165) is 25.7 Å². The summed E-state index contributed by atoms with van der Waals surface area (Å²) in [6.07, 6.45) is 3.77. The second-order valence-electron chi connectivity index (χ2n) is 11.4. The topological polar surface area (TPSA) is 74.4 Å². The van der Waals surface area contributed by atoms with Gasteiger partial charge in [0.2, 0.25) is 0 Å². The fourth-order valence-electron chi connectivity index (χ4n) is 3.59. The lowest BCUT2D eigenvalue weighted by Crippen LogP contribution is -2.19. The van der Waals surface area contributed by atoms with E-state index in [2.05, 4.69) is 48.5 Å². The zero-order chi connectivity index (χ0) is 29.1. The molecule has 1 fully saturated rings. The van der Waals surface area contributed by atoms with Gasteiger partial charge in [-0.3, -0.25) is 0 Å². The molecular weight excluding hydrogens is 492 g/mol. The highest BCUT2D eigenvalue weighted by molar-refractivity contribution is 5.90. The van der Waals surface area contributed by atoms with E-state index in [1.54, 1.807) is 6.92 Å². The van der Waals surface area contributed by atoms with Gasteiger partial charge in [-0.25, -0.2) is 9.59 Å². The van der Waals surface area contributed by atoms with Crippen LogP contribution in [-0.2, 0) is 29.8 Å². The van der Waals surface area contributed by atoms with Crippen molar-refractivity contribution in [2.45, 2.75) is 104 Å². The number of epoxide rings is 1. The van der Waals surface area contributed by atoms with Crippen LogP contribution in [0.3, 0.4) is 0 Å². The summed E-state index contributed by atoms with van der Waals surface area (Å²) >= 11 is 0. The van der Waals surface area contributed by atoms with E-state index in [1.165, 1.54) is 11.1 Å². The number of benzene rings is 2. The van der Waals surface area contributed by atoms with E-state index in [-0.39, 0.29) is 28.9 Å². The van der Waals surface area contributed by atoms with Gasteiger partial charge in [-0.15, -0.1) is 0 Å². The maximum Gasteiger partial charge on any atom is 0.340 e. The van der Waals surface area contributed by atoms with E-state index < -0.39 is 6.29 Å². The van der Waals surface area contributed by atoms with E-state index >= 15 is 0 Å². The van der Waals surface area contributed by atoms with Gasteiger partial charge < -0.3 is 18.9 Å². The number of esters is 2.